The molecule has 0 aromatic carbocycles. The zero-order chi connectivity index (χ0) is 24.7. The minimum Gasteiger partial charge on any atom is -0.480 e. The highest BCUT2D eigenvalue weighted by Gasteiger charge is 2.31. The van der Waals surface area contributed by atoms with E-state index in [0.717, 1.165) is 5.75 Å². The Kier molecular flexibility index (Phi) is 16.8. The Morgan fingerprint density at radius 1 is 0.750 bits per heavy atom. The molecule has 0 rings (SSSR count). The van der Waals surface area contributed by atoms with Crippen LogP contribution in [0.4, 0.5) is 0 Å². The quantitative estimate of drug-likeness (QED) is 0.191. The lowest BCUT2D eigenvalue weighted by molar-refractivity contribution is -0.143. The van der Waals surface area contributed by atoms with Gasteiger partial charge in [0, 0.05) is 0 Å². The van der Waals surface area contributed by atoms with E-state index >= 15 is 0 Å². The molecular formula is C20H38N4O5S3. The fourth-order valence-electron chi connectivity index (χ4n) is 2.70. The van der Waals surface area contributed by atoms with Gasteiger partial charge in [0.25, 0.3) is 0 Å². The zero-order valence-corrected chi connectivity index (χ0v) is 22.0. The summed E-state index contributed by atoms with van der Waals surface area (Å²) in [5.41, 5.74) is 5.92. The molecule has 6 N–H and O–H groups in total. The molecule has 9 nitrogen and oxygen atoms in total. The lowest BCUT2D eigenvalue weighted by Crippen LogP contribution is -2.57. The summed E-state index contributed by atoms with van der Waals surface area (Å²) in [5, 5.41) is 17.3. The largest absolute Gasteiger partial charge is 0.480 e. The first kappa shape index (κ1) is 30.9. The number of amides is 3. The zero-order valence-electron chi connectivity index (χ0n) is 19.5. The SMILES string of the molecule is CSCCC(N)C(=O)NC(CCSC)C(=O)NC(CCSC)C(=O)NC(C(=O)O)C(C)C. The van der Waals surface area contributed by atoms with E-state index in [-0.39, 0.29) is 5.92 Å². The van der Waals surface area contributed by atoms with E-state index in [1.807, 2.05) is 18.8 Å². The third kappa shape index (κ3) is 12.2. The molecule has 0 aromatic heterocycles. The summed E-state index contributed by atoms with van der Waals surface area (Å²) in [6.07, 6.45) is 6.91. The lowest BCUT2D eigenvalue weighted by Gasteiger charge is -2.26. The molecule has 0 aliphatic heterocycles. The molecule has 186 valence electrons. The Morgan fingerprint density at radius 2 is 1.16 bits per heavy atom. The smallest absolute Gasteiger partial charge is 0.326 e. The van der Waals surface area contributed by atoms with Crippen LogP contribution in [0.1, 0.15) is 33.1 Å². The number of aliphatic carboxylic acids is 1. The molecule has 0 spiro atoms. The lowest BCUT2D eigenvalue weighted by atomic mass is 10.0. The van der Waals surface area contributed by atoms with Gasteiger partial charge in [0.05, 0.1) is 6.04 Å². The monoisotopic (exact) mass is 510 g/mol. The summed E-state index contributed by atoms with van der Waals surface area (Å²) in [7, 11) is 0. The summed E-state index contributed by atoms with van der Waals surface area (Å²) in [5.74, 6) is -0.933. The summed E-state index contributed by atoms with van der Waals surface area (Å²) in [6.45, 7) is 3.39. The fraction of sp³-hybridized carbons (Fsp3) is 0.800. The van der Waals surface area contributed by atoms with Crippen LogP contribution in [0.5, 0.6) is 0 Å². The maximum absolute atomic E-state index is 13.0. The number of carbonyl (C=O) groups excluding carboxylic acids is 3. The van der Waals surface area contributed by atoms with E-state index in [1.165, 1.54) is 23.5 Å². The van der Waals surface area contributed by atoms with Crippen molar-refractivity contribution < 1.29 is 24.3 Å². The normalized spacial score (nSPS) is 14.8. The van der Waals surface area contributed by atoms with Gasteiger partial charge >= 0.3 is 5.97 Å². The van der Waals surface area contributed by atoms with Crippen molar-refractivity contribution >= 4 is 59.0 Å². The average Bonchev–Trinajstić information content (AvgIpc) is 2.74. The van der Waals surface area contributed by atoms with E-state index in [4.69, 9.17) is 5.73 Å². The molecule has 32 heavy (non-hydrogen) atoms. The molecule has 0 saturated heterocycles. The van der Waals surface area contributed by atoms with Crippen LogP contribution in [0, 0.1) is 5.92 Å². The van der Waals surface area contributed by atoms with Crippen LogP contribution >= 0.6 is 35.3 Å². The Labute approximate surface area is 203 Å². The van der Waals surface area contributed by atoms with E-state index in [0.29, 0.717) is 30.8 Å². The maximum Gasteiger partial charge on any atom is 0.326 e. The van der Waals surface area contributed by atoms with Gasteiger partial charge in [0.1, 0.15) is 18.1 Å². The number of hydrogen-bond donors (Lipinski definition) is 5. The number of carbonyl (C=O) groups is 4. The van der Waals surface area contributed by atoms with Gasteiger partial charge in [-0.3, -0.25) is 14.4 Å². The van der Waals surface area contributed by atoms with Crippen molar-refractivity contribution in [2.75, 3.05) is 36.0 Å². The van der Waals surface area contributed by atoms with Gasteiger partial charge in [-0.2, -0.15) is 35.3 Å². The third-order valence-electron chi connectivity index (χ3n) is 4.69. The number of carboxylic acids is 1. The number of nitrogens with two attached hydrogens (primary N) is 1. The molecule has 0 aliphatic rings. The standard InChI is InChI=1S/C20H38N4O5S3/c1-12(2)16(20(28)29)24-19(27)15(8-11-32-5)23-18(26)14(7-10-31-4)22-17(25)13(21)6-9-30-3/h12-16H,6-11,21H2,1-5H3,(H,22,25)(H,23,26)(H,24,27)(H,28,29). The van der Waals surface area contributed by atoms with Crippen molar-refractivity contribution in [1.82, 2.24) is 16.0 Å². The van der Waals surface area contributed by atoms with Gasteiger partial charge in [-0.05, 0) is 61.2 Å². The van der Waals surface area contributed by atoms with Crippen molar-refractivity contribution in [2.24, 2.45) is 11.7 Å². The average molecular weight is 511 g/mol. The molecule has 3 amide bonds. The first-order valence-electron chi connectivity index (χ1n) is 10.4. The summed E-state index contributed by atoms with van der Waals surface area (Å²) < 4.78 is 0. The van der Waals surface area contributed by atoms with Crippen LogP contribution < -0.4 is 21.7 Å². The van der Waals surface area contributed by atoms with Crippen LogP contribution in [-0.4, -0.2) is 89.0 Å². The molecule has 0 radical (unpaired) electrons. The Bertz CT molecular complexity index is 610. The second kappa shape index (κ2) is 17.4. The minimum atomic E-state index is -1.13. The number of hydrogen-bond acceptors (Lipinski definition) is 8. The fourth-order valence-corrected chi connectivity index (χ4v) is 4.14. The predicted molar refractivity (Wildman–Crippen MR) is 135 cm³/mol. The molecular weight excluding hydrogens is 472 g/mol. The Hall–Kier alpha value is -1.11. The van der Waals surface area contributed by atoms with Crippen molar-refractivity contribution in [3.05, 3.63) is 0 Å². The van der Waals surface area contributed by atoms with Crippen LogP contribution in [-0.2, 0) is 19.2 Å². The van der Waals surface area contributed by atoms with E-state index in [2.05, 4.69) is 16.0 Å². The summed E-state index contributed by atoms with van der Waals surface area (Å²) in [6, 6.07) is -3.52. The molecule has 12 heteroatoms. The number of nitrogens with one attached hydrogen (secondary N) is 3. The van der Waals surface area contributed by atoms with Crippen molar-refractivity contribution in [1.29, 1.82) is 0 Å². The van der Waals surface area contributed by atoms with E-state index in [1.54, 1.807) is 25.6 Å². The Balaban J connectivity index is 5.35. The maximum atomic E-state index is 13.0. The van der Waals surface area contributed by atoms with Gasteiger partial charge in [-0.1, -0.05) is 13.8 Å². The second-order valence-corrected chi connectivity index (χ2v) is 10.6. The van der Waals surface area contributed by atoms with Gasteiger partial charge in [0.2, 0.25) is 17.7 Å². The summed E-state index contributed by atoms with van der Waals surface area (Å²) >= 11 is 4.63. The van der Waals surface area contributed by atoms with Gasteiger partial charge in [0.15, 0.2) is 0 Å². The molecule has 0 aromatic rings. The Morgan fingerprint density at radius 3 is 1.56 bits per heavy atom. The molecule has 0 saturated carbocycles. The molecule has 0 fully saturated rings. The molecule has 0 heterocycles. The predicted octanol–water partition coefficient (Wildman–Crippen LogP) is 0.768. The van der Waals surface area contributed by atoms with Gasteiger partial charge in [-0.15, -0.1) is 0 Å². The highest BCUT2D eigenvalue weighted by atomic mass is 32.2. The molecule has 4 unspecified atom stereocenters. The highest BCUT2D eigenvalue weighted by molar-refractivity contribution is 7.98. The third-order valence-corrected chi connectivity index (χ3v) is 6.62. The first-order valence-corrected chi connectivity index (χ1v) is 14.6. The van der Waals surface area contributed by atoms with Gasteiger partial charge < -0.3 is 26.8 Å². The molecule has 0 aliphatic carbocycles. The van der Waals surface area contributed by atoms with E-state index in [9.17, 15) is 24.3 Å². The van der Waals surface area contributed by atoms with Gasteiger partial charge in [-0.25, -0.2) is 4.79 Å². The number of carboxylic acid groups (broad SMARTS) is 1. The van der Waals surface area contributed by atoms with Crippen LogP contribution in [0.15, 0.2) is 0 Å². The molecule has 4 atom stereocenters. The van der Waals surface area contributed by atoms with Crippen molar-refractivity contribution in [3.63, 3.8) is 0 Å². The topological polar surface area (TPSA) is 151 Å². The number of thioether (sulfide) groups is 3. The number of rotatable bonds is 17. The van der Waals surface area contributed by atoms with Crippen molar-refractivity contribution in [3.8, 4) is 0 Å². The van der Waals surface area contributed by atoms with E-state index < -0.39 is 47.9 Å². The second-order valence-electron chi connectivity index (χ2n) is 7.64. The first-order chi connectivity index (χ1) is 15.1. The van der Waals surface area contributed by atoms with Crippen LogP contribution in [0.2, 0.25) is 0 Å². The van der Waals surface area contributed by atoms with Crippen LogP contribution in [0.3, 0.4) is 0 Å². The van der Waals surface area contributed by atoms with Crippen LogP contribution in [0.25, 0.3) is 0 Å². The highest BCUT2D eigenvalue weighted by Crippen LogP contribution is 2.08. The summed E-state index contributed by atoms with van der Waals surface area (Å²) in [4.78, 5) is 49.6. The minimum absolute atomic E-state index is 0.315. The van der Waals surface area contributed by atoms with Crippen molar-refractivity contribution in [2.45, 2.75) is 57.3 Å². The molecule has 0 bridgehead atoms.